The third kappa shape index (κ3) is 5.53. The van der Waals surface area contributed by atoms with Gasteiger partial charge in [0.05, 0.1) is 12.6 Å². The number of nitrogens with one attached hydrogen (secondary N) is 1. The van der Waals surface area contributed by atoms with Gasteiger partial charge in [-0.1, -0.05) is 71.8 Å². The fourth-order valence-electron chi connectivity index (χ4n) is 6.39. The molecule has 3 aromatic rings. The van der Waals surface area contributed by atoms with Crippen LogP contribution in [0.4, 0.5) is 0 Å². The van der Waals surface area contributed by atoms with Gasteiger partial charge in [-0.25, -0.2) is 4.98 Å². The average molecular weight is 557 g/mol. The fourth-order valence-corrected chi connectivity index (χ4v) is 6.89. The summed E-state index contributed by atoms with van der Waals surface area (Å²) in [7, 11) is 1.70. The minimum absolute atomic E-state index is 0.0541. The first-order chi connectivity index (χ1) is 16.9. The predicted octanol–water partition coefficient (Wildman–Crippen LogP) is 7.21. The van der Waals surface area contributed by atoms with Crippen LogP contribution in [-0.2, 0) is 0 Å². The number of nitrogens with two attached hydrogens (primary N) is 1. The van der Waals surface area contributed by atoms with E-state index in [2.05, 4.69) is 45.5 Å². The highest BCUT2D eigenvalue weighted by Gasteiger charge is 2.43. The maximum Gasteiger partial charge on any atom is 0.217 e. The number of hydrogen-bond donors (Lipinski definition) is 2. The van der Waals surface area contributed by atoms with Crippen LogP contribution in [0.25, 0.3) is 10.9 Å². The van der Waals surface area contributed by atoms with Gasteiger partial charge in [-0.05, 0) is 73.7 Å². The predicted molar refractivity (Wildman–Crippen MR) is 148 cm³/mol. The topological polar surface area (TPSA) is 60.2 Å². The average Bonchev–Trinajstić information content (AvgIpc) is 2.85. The molecule has 1 aliphatic heterocycles. The second kappa shape index (κ2) is 10.8. The second-order valence-corrected chi connectivity index (χ2v) is 11.8. The maximum absolute atomic E-state index is 7.43. The monoisotopic (exact) mass is 555 g/mol. The van der Waals surface area contributed by atoms with Gasteiger partial charge in [0.25, 0.3) is 0 Å². The van der Waals surface area contributed by atoms with Gasteiger partial charge in [0.2, 0.25) is 5.88 Å². The summed E-state index contributed by atoms with van der Waals surface area (Å²) in [5.74, 6) is 1.40. The third-order valence-electron chi connectivity index (χ3n) is 8.04. The van der Waals surface area contributed by atoms with Crippen LogP contribution in [0.2, 0.25) is 5.02 Å². The van der Waals surface area contributed by atoms with E-state index in [1.807, 2.05) is 24.3 Å². The number of pyridine rings is 1. The lowest BCUT2D eigenvalue weighted by Gasteiger charge is -2.45. The normalized spacial score (nSPS) is 24.4. The number of aromatic nitrogens is 1. The van der Waals surface area contributed by atoms with Gasteiger partial charge in [-0.15, -0.1) is 0 Å². The Morgan fingerprint density at radius 1 is 1.14 bits per heavy atom. The van der Waals surface area contributed by atoms with Gasteiger partial charge in [-0.2, -0.15) is 0 Å². The van der Waals surface area contributed by atoms with E-state index in [9.17, 15) is 0 Å². The molecule has 186 valence electrons. The minimum atomic E-state index is -0.424. The Morgan fingerprint density at radius 2 is 1.91 bits per heavy atom. The molecule has 1 aromatic heterocycles. The number of hydrogen-bond acceptors (Lipinski definition) is 4. The van der Waals surface area contributed by atoms with E-state index in [1.54, 1.807) is 7.11 Å². The van der Waals surface area contributed by atoms with Crippen LogP contribution in [0.5, 0.6) is 5.88 Å². The Kier molecular flexibility index (Phi) is 7.69. The molecule has 0 amide bonds. The van der Waals surface area contributed by atoms with E-state index in [-0.39, 0.29) is 5.92 Å². The summed E-state index contributed by atoms with van der Waals surface area (Å²) in [4.78, 5) is 4.90. The molecule has 35 heavy (non-hydrogen) atoms. The molecular weight excluding hydrogens is 522 g/mol. The maximum atomic E-state index is 7.43. The van der Waals surface area contributed by atoms with E-state index in [1.165, 1.54) is 38.5 Å². The van der Waals surface area contributed by atoms with E-state index in [0.29, 0.717) is 11.9 Å². The molecule has 6 heteroatoms. The fraction of sp³-hybridized carbons (Fsp3) is 0.483. The summed E-state index contributed by atoms with van der Waals surface area (Å²) >= 11 is 9.90. The first-order valence-electron chi connectivity index (χ1n) is 12.9. The SMILES string of the molecule is COc1nc2ccc(Br)cc2cc1C(c1ccc(Cl)cc1)C1(N)CCNC(CC2CCCCC2)C1. The molecule has 3 N–H and O–H groups in total. The van der Waals surface area contributed by atoms with Crippen molar-refractivity contribution in [1.29, 1.82) is 0 Å². The zero-order valence-corrected chi connectivity index (χ0v) is 22.7. The lowest BCUT2D eigenvalue weighted by Crippen LogP contribution is -2.57. The van der Waals surface area contributed by atoms with E-state index in [0.717, 1.165) is 56.8 Å². The molecule has 5 rings (SSSR count). The molecule has 0 radical (unpaired) electrons. The van der Waals surface area contributed by atoms with Gasteiger partial charge < -0.3 is 15.8 Å². The molecular formula is C29H35BrClN3O. The Balaban J connectivity index is 1.56. The van der Waals surface area contributed by atoms with Crippen LogP contribution in [0.1, 0.15) is 68.4 Å². The molecule has 2 aliphatic rings. The van der Waals surface area contributed by atoms with Gasteiger partial charge in [0.1, 0.15) is 0 Å². The summed E-state index contributed by atoms with van der Waals surface area (Å²) in [5.41, 5.74) is 10.1. The molecule has 1 aliphatic carbocycles. The van der Waals surface area contributed by atoms with Gasteiger partial charge in [0, 0.05) is 37.9 Å². The second-order valence-electron chi connectivity index (χ2n) is 10.5. The Hall–Kier alpha value is -1.66. The van der Waals surface area contributed by atoms with Crippen molar-refractivity contribution in [2.24, 2.45) is 11.7 Å². The molecule has 4 nitrogen and oxygen atoms in total. The zero-order valence-electron chi connectivity index (χ0n) is 20.4. The molecule has 2 heterocycles. The van der Waals surface area contributed by atoms with E-state index in [4.69, 9.17) is 27.1 Å². The summed E-state index contributed by atoms with van der Waals surface area (Å²) in [5, 5.41) is 5.60. The van der Waals surface area contributed by atoms with Crippen LogP contribution in [-0.4, -0.2) is 30.2 Å². The van der Waals surface area contributed by atoms with E-state index >= 15 is 0 Å². The number of benzene rings is 2. The minimum Gasteiger partial charge on any atom is -0.481 e. The summed E-state index contributed by atoms with van der Waals surface area (Å²) in [6.45, 7) is 0.923. The molecule has 1 saturated heterocycles. The van der Waals surface area contributed by atoms with Crippen molar-refractivity contribution in [1.82, 2.24) is 10.3 Å². The molecule has 3 unspecified atom stereocenters. The molecule has 2 fully saturated rings. The Morgan fingerprint density at radius 3 is 2.66 bits per heavy atom. The third-order valence-corrected chi connectivity index (χ3v) is 8.79. The number of fused-ring (bicyclic) bond motifs is 1. The van der Waals surface area contributed by atoms with Crippen molar-refractivity contribution in [2.75, 3.05) is 13.7 Å². The van der Waals surface area contributed by atoms with E-state index < -0.39 is 5.54 Å². The van der Waals surface area contributed by atoms with Crippen LogP contribution in [0, 0.1) is 5.92 Å². The number of rotatable bonds is 6. The zero-order chi connectivity index (χ0) is 24.4. The van der Waals surface area contributed by atoms with Crippen molar-refractivity contribution >= 4 is 38.4 Å². The molecule has 1 saturated carbocycles. The van der Waals surface area contributed by atoms with Crippen molar-refractivity contribution in [3.05, 3.63) is 69.2 Å². The summed E-state index contributed by atoms with van der Waals surface area (Å²) in [6, 6.07) is 17.0. The summed E-state index contributed by atoms with van der Waals surface area (Å²) in [6.07, 6.45) is 9.87. The standard InChI is InChI=1S/C29H35BrClN3O/c1-35-28-25(17-21-16-22(30)9-12-26(21)34-28)27(20-7-10-23(31)11-8-20)29(32)13-14-33-24(18-29)15-19-5-3-2-4-6-19/h7-12,16-17,19,24,27,33H,2-6,13-15,18,32H2,1H3. The highest BCUT2D eigenvalue weighted by molar-refractivity contribution is 9.10. The first kappa shape index (κ1) is 25.0. The number of methoxy groups -OCH3 is 1. The smallest absolute Gasteiger partial charge is 0.217 e. The number of piperidine rings is 1. The number of nitrogens with zero attached hydrogens (tertiary/aromatic N) is 1. The van der Waals surface area contributed by atoms with Gasteiger partial charge in [0.15, 0.2) is 0 Å². The lowest BCUT2D eigenvalue weighted by molar-refractivity contribution is 0.195. The van der Waals surface area contributed by atoms with Gasteiger partial charge >= 0.3 is 0 Å². The van der Waals surface area contributed by atoms with Crippen molar-refractivity contribution in [3.8, 4) is 5.88 Å². The van der Waals surface area contributed by atoms with Crippen LogP contribution in [0.15, 0.2) is 53.0 Å². The first-order valence-corrected chi connectivity index (χ1v) is 14.0. The Bertz CT molecular complexity index is 1160. The highest BCUT2D eigenvalue weighted by atomic mass is 79.9. The summed E-state index contributed by atoms with van der Waals surface area (Å²) < 4.78 is 6.90. The molecule has 2 aromatic carbocycles. The number of halogens is 2. The largest absolute Gasteiger partial charge is 0.481 e. The molecule has 3 atom stereocenters. The van der Waals surface area contributed by atoms with Crippen molar-refractivity contribution < 1.29 is 4.74 Å². The molecule has 0 bridgehead atoms. The van der Waals surface area contributed by atoms with Crippen molar-refractivity contribution in [3.63, 3.8) is 0 Å². The number of ether oxygens (including phenoxy) is 1. The Labute approximate surface area is 222 Å². The molecule has 0 spiro atoms. The highest BCUT2D eigenvalue weighted by Crippen LogP contribution is 2.45. The van der Waals surface area contributed by atoms with Crippen molar-refractivity contribution in [2.45, 2.75) is 68.9 Å². The van der Waals surface area contributed by atoms with Gasteiger partial charge in [-0.3, -0.25) is 0 Å². The van der Waals surface area contributed by atoms with Crippen LogP contribution >= 0.6 is 27.5 Å². The quantitative estimate of drug-likeness (QED) is 0.337. The lowest BCUT2D eigenvalue weighted by atomic mass is 9.68. The van der Waals surface area contributed by atoms with Crippen LogP contribution < -0.4 is 15.8 Å². The van der Waals surface area contributed by atoms with Crippen LogP contribution in [0.3, 0.4) is 0 Å².